The number of nitrogens with zero attached hydrogens (tertiary/aromatic N) is 1. The second-order valence-electron chi connectivity index (χ2n) is 4.17. The summed E-state index contributed by atoms with van der Waals surface area (Å²) in [6.07, 6.45) is 1.32. The zero-order chi connectivity index (χ0) is 12.4. The van der Waals surface area contributed by atoms with E-state index in [0.29, 0.717) is 6.42 Å². The van der Waals surface area contributed by atoms with Crippen LogP contribution in [0.15, 0.2) is 18.2 Å². The van der Waals surface area contributed by atoms with E-state index in [9.17, 15) is 9.59 Å². The summed E-state index contributed by atoms with van der Waals surface area (Å²) in [6, 6.07) is 5.69. The van der Waals surface area contributed by atoms with E-state index < -0.39 is 0 Å². The van der Waals surface area contributed by atoms with Gasteiger partial charge in [0.05, 0.1) is 0 Å². The van der Waals surface area contributed by atoms with E-state index in [2.05, 4.69) is 5.32 Å². The van der Waals surface area contributed by atoms with Crippen molar-refractivity contribution in [1.82, 2.24) is 0 Å². The molecule has 1 aromatic rings. The van der Waals surface area contributed by atoms with Crippen LogP contribution < -0.4 is 10.2 Å². The third-order valence-electron chi connectivity index (χ3n) is 2.96. The number of hydrogen-bond donors (Lipinski definition) is 1. The summed E-state index contributed by atoms with van der Waals surface area (Å²) in [6.45, 7) is 4.12. The van der Waals surface area contributed by atoms with Crippen molar-refractivity contribution in [3.63, 3.8) is 0 Å². The maximum atomic E-state index is 11.4. The van der Waals surface area contributed by atoms with Crippen LogP contribution in [-0.2, 0) is 16.0 Å². The number of benzene rings is 1. The van der Waals surface area contributed by atoms with Crippen LogP contribution in [0.2, 0.25) is 0 Å². The summed E-state index contributed by atoms with van der Waals surface area (Å²) in [5, 5.41) is 2.82. The van der Waals surface area contributed by atoms with Crippen LogP contribution in [-0.4, -0.2) is 18.4 Å². The van der Waals surface area contributed by atoms with Gasteiger partial charge in [-0.2, -0.15) is 0 Å². The molecule has 1 aromatic carbocycles. The maximum Gasteiger partial charge on any atom is 0.224 e. The van der Waals surface area contributed by atoms with E-state index in [4.69, 9.17) is 0 Å². The van der Waals surface area contributed by atoms with Crippen molar-refractivity contribution in [3.05, 3.63) is 23.8 Å². The molecule has 1 aliphatic rings. The van der Waals surface area contributed by atoms with E-state index in [1.807, 2.05) is 25.1 Å². The predicted molar refractivity (Wildman–Crippen MR) is 67.1 cm³/mol. The van der Waals surface area contributed by atoms with Gasteiger partial charge in [-0.3, -0.25) is 9.59 Å². The third kappa shape index (κ3) is 2.30. The minimum Gasteiger partial charge on any atom is -0.326 e. The molecule has 0 aliphatic carbocycles. The predicted octanol–water partition coefficient (Wildman–Crippen LogP) is 1.94. The molecule has 1 heterocycles. The van der Waals surface area contributed by atoms with Gasteiger partial charge in [-0.1, -0.05) is 6.92 Å². The molecule has 2 amide bonds. The van der Waals surface area contributed by atoms with Crippen LogP contribution in [0, 0.1) is 0 Å². The molecule has 0 aromatic heterocycles. The molecule has 0 saturated heterocycles. The van der Waals surface area contributed by atoms with Gasteiger partial charge in [0.15, 0.2) is 0 Å². The van der Waals surface area contributed by atoms with Crippen LogP contribution in [0.3, 0.4) is 0 Å². The van der Waals surface area contributed by atoms with Gasteiger partial charge in [-0.25, -0.2) is 0 Å². The van der Waals surface area contributed by atoms with Crippen molar-refractivity contribution >= 4 is 23.2 Å². The van der Waals surface area contributed by atoms with Gasteiger partial charge in [0, 0.05) is 31.3 Å². The number of rotatable bonds is 2. The summed E-state index contributed by atoms with van der Waals surface area (Å²) in [7, 11) is 0. The number of anilines is 2. The topological polar surface area (TPSA) is 49.4 Å². The Hall–Kier alpha value is -1.84. The van der Waals surface area contributed by atoms with Crippen LogP contribution in [0.1, 0.15) is 25.8 Å². The molecule has 4 heteroatoms. The van der Waals surface area contributed by atoms with Gasteiger partial charge < -0.3 is 10.2 Å². The van der Waals surface area contributed by atoms with Gasteiger partial charge in [0.25, 0.3) is 0 Å². The fourth-order valence-corrected chi connectivity index (χ4v) is 2.06. The second-order valence-corrected chi connectivity index (χ2v) is 4.17. The van der Waals surface area contributed by atoms with Crippen LogP contribution >= 0.6 is 0 Å². The van der Waals surface area contributed by atoms with Gasteiger partial charge in [0.2, 0.25) is 11.8 Å². The van der Waals surface area contributed by atoms with Gasteiger partial charge >= 0.3 is 0 Å². The Labute approximate surface area is 101 Å². The third-order valence-corrected chi connectivity index (χ3v) is 2.96. The number of nitrogens with one attached hydrogen (secondary N) is 1. The van der Waals surface area contributed by atoms with Crippen LogP contribution in [0.25, 0.3) is 0 Å². The Kier molecular flexibility index (Phi) is 3.13. The first-order chi connectivity index (χ1) is 8.11. The van der Waals surface area contributed by atoms with Gasteiger partial charge in [-0.05, 0) is 30.2 Å². The molecular weight excluding hydrogens is 216 g/mol. The first kappa shape index (κ1) is 11.6. The van der Waals surface area contributed by atoms with Crippen molar-refractivity contribution in [2.24, 2.45) is 0 Å². The van der Waals surface area contributed by atoms with Crippen molar-refractivity contribution in [3.8, 4) is 0 Å². The first-order valence-electron chi connectivity index (χ1n) is 5.82. The quantitative estimate of drug-likeness (QED) is 0.847. The second kappa shape index (κ2) is 4.57. The highest BCUT2D eigenvalue weighted by Gasteiger charge is 2.22. The Balaban J connectivity index is 2.22. The Morgan fingerprint density at radius 2 is 2.18 bits per heavy atom. The number of carbonyl (C=O) groups excluding carboxylic acids is 2. The summed E-state index contributed by atoms with van der Waals surface area (Å²) >= 11 is 0. The summed E-state index contributed by atoms with van der Waals surface area (Å²) < 4.78 is 0. The molecule has 1 aliphatic heterocycles. The first-order valence-corrected chi connectivity index (χ1v) is 5.82. The molecule has 0 radical (unpaired) electrons. The standard InChI is InChI=1S/C13H16N2O2/c1-3-13(17)14-11-4-5-12-10(8-11)6-7-15(12)9(2)16/h4-5,8H,3,6-7H2,1-2H3,(H,14,17). The minimum atomic E-state index is 0.00590. The van der Waals surface area contributed by atoms with Crippen molar-refractivity contribution < 1.29 is 9.59 Å². The fraction of sp³-hybridized carbons (Fsp3) is 0.385. The number of amides is 2. The highest BCUT2D eigenvalue weighted by atomic mass is 16.2. The monoisotopic (exact) mass is 232 g/mol. The summed E-state index contributed by atoms with van der Waals surface area (Å²) in [5.41, 5.74) is 2.89. The van der Waals surface area contributed by atoms with Gasteiger partial charge in [-0.15, -0.1) is 0 Å². The van der Waals surface area contributed by atoms with E-state index in [0.717, 1.165) is 29.9 Å². The average molecular weight is 232 g/mol. The molecule has 0 fully saturated rings. The van der Waals surface area contributed by atoms with E-state index in [-0.39, 0.29) is 11.8 Å². The van der Waals surface area contributed by atoms with Crippen LogP contribution in [0.4, 0.5) is 11.4 Å². The molecule has 90 valence electrons. The Morgan fingerprint density at radius 3 is 2.82 bits per heavy atom. The zero-order valence-electron chi connectivity index (χ0n) is 10.1. The zero-order valence-corrected chi connectivity index (χ0v) is 10.1. The van der Waals surface area contributed by atoms with Gasteiger partial charge in [0.1, 0.15) is 0 Å². The van der Waals surface area contributed by atoms with Crippen molar-refractivity contribution in [2.45, 2.75) is 26.7 Å². The molecule has 0 unspecified atom stereocenters. The molecule has 0 saturated carbocycles. The lowest BCUT2D eigenvalue weighted by Crippen LogP contribution is -2.25. The fourth-order valence-electron chi connectivity index (χ4n) is 2.06. The molecule has 1 N–H and O–H groups in total. The highest BCUT2D eigenvalue weighted by Crippen LogP contribution is 2.30. The SMILES string of the molecule is CCC(=O)Nc1ccc2c(c1)CCN2C(C)=O. The van der Waals surface area contributed by atoms with E-state index in [1.165, 1.54) is 0 Å². The summed E-state index contributed by atoms with van der Waals surface area (Å²) in [5.74, 6) is 0.0699. The lowest BCUT2D eigenvalue weighted by molar-refractivity contribution is -0.117. The molecular formula is C13H16N2O2. The maximum absolute atomic E-state index is 11.4. The number of hydrogen-bond acceptors (Lipinski definition) is 2. The molecule has 0 bridgehead atoms. The Bertz CT molecular complexity index is 468. The largest absolute Gasteiger partial charge is 0.326 e. The number of carbonyl (C=O) groups is 2. The molecule has 2 rings (SSSR count). The minimum absolute atomic E-state index is 0.00590. The average Bonchev–Trinajstić information content (AvgIpc) is 2.71. The smallest absolute Gasteiger partial charge is 0.224 e. The molecule has 0 spiro atoms. The van der Waals surface area contributed by atoms with Crippen molar-refractivity contribution in [1.29, 1.82) is 0 Å². The normalized spacial score (nSPS) is 13.4. The highest BCUT2D eigenvalue weighted by molar-refractivity contribution is 5.95. The van der Waals surface area contributed by atoms with Crippen molar-refractivity contribution in [2.75, 3.05) is 16.8 Å². The number of fused-ring (bicyclic) bond motifs is 1. The van der Waals surface area contributed by atoms with E-state index >= 15 is 0 Å². The lowest BCUT2D eigenvalue weighted by Gasteiger charge is -2.14. The molecule has 0 atom stereocenters. The molecule has 17 heavy (non-hydrogen) atoms. The Morgan fingerprint density at radius 1 is 1.41 bits per heavy atom. The van der Waals surface area contributed by atoms with Crippen LogP contribution in [0.5, 0.6) is 0 Å². The molecule has 4 nitrogen and oxygen atoms in total. The lowest BCUT2D eigenvalue weighted by atomic mass is 10.1. The van der Waals surface area contributed by atoms with E-state index in [1.54, 1.807) is 11.8 Å². The summed E-state index contributed by atoms with van der Waals surface area (Å²) in [4.78, 5) is 24.4.